The second kappa shape index (κ2) is 5.78. The lowest BCUT2D eigenvalue weighted by molar-refractivity contribution is -0.385. The zero-order chi connectivity index (χ0) is 11.1. The van der Waals surface area contributed by atoms with Crippen molar-refractivity contribution >= 4 is 5.69 Å². The van der Waals surface area contributed by atoms with Crippen LogP contribution in [0.3, 0.4) is 0 Å². The Balaban J connectivity index is 2.60. The molecule has 0 bridgehead atoms. The third-order valence-electron chi connectivity index (χ3n) is 1.95. The third-order valence-corrected chi connectivity index (χ3v) is 1.95. The maximum Gasteiger partial charge on any atom is 0.273 e. The molecule has 1 aromatic rings. The van der Waals surface area contributed by atoms with Gasteiger partial charge in [0.15, 0.2) is 0 Å². The fourth-order valence-electron chi connectivity index (χ4n) is 1.22. The van der Waals surface area contributed by atoms with Crippen LogP contribution in [0.5, 0.6) is 0 Å². The summed E-state index contributed by atoms with van der Waals surface area (Å²) in [7, 11) is 0. The third kappa shape index (κ3) is 3.41. The Bertz CT molecular complexity index is 382. The van der Waals surface area contributed by atoms with Crippen LogP contribution in [0.15, 0.2) is 24.3 Å². The zero-order valence-corrected chi connectivity index (χ0v) is 8.27. The van der Waals surface area contributed by atoms with Crippen molar-refractivity contribution in [2.24, 2.45) is 0 Å². The molecule has 0 spiro atoms. The van der Waals surface area contributed by atoms with Crippen LogP contribution in [0.4, 0.5) is 5.69 Å². The van der Waals surface area contributed by atoms with Gasteiger partial charge in [-0.3, -0.25) is 10.1 Å². The van der Waals surface area contributed by atoms with Gasteiger partial charge in [-0.2, -0.15) is 0 Å². The van der Waals surface area contributed by atoms with Crippen molar-refractivity contribution in [3.63, 3.8) is 0 Å². The van der Waals surface area contributed by atoms with Gasteiger partial charge in [-0.05, 0) is 0 Å². The Morgan fingerprint density at radius 3 is 2.87 bits per heavy atom. The summed E-state index contributed by atoms with van der Waals surface area (Å²) in [6.07, 6.45) is 5.71. The van der Waals surface area contributed by atoms with E-state index < -0.39 is 0 Å². The number of nitrogens with zero attached hydrogens (tertiary/aromatic N) is 1. The minimum atomic E-state index is -0.377. The minimum Gasteiger partial charge on any atom is -0.311 e. The summed E-state index contributed by atoms with van der Waals surface area (Å²) in [5.74, 6) is 2.49. The molecule has 1 rings (SSSR count). The van der Waals surface area contributed by atoms with Crippen molar-refractivity contribution in [2.45, 2.75) is 13.0 Å². The molecule has 0 radical (unpaired) electrons. The average molecular weight is 204 g/mol. The Morgan fingerprint density at radius 1 is 1.47 bits per heavy atom. The van der Waals surface area contributed by atoms with E-state index >= 15 is 0 Å². The van der Waals surface area contributed by atoms with Gasteiger partial charge in [-0.1, -0.05) is 18.2 Å². The maximum absolute atomic E-state index is 10.7. The molecule has 0 amide bonds. The van der Waals surface area contributed by atoms with E-state index in [4.69, 9.17) is 6.42 Å². The van der Waals surface area contributed by atoms with Gasteiger partial charge >= 0.3 is 0 Å². The summed E-state index contributed by atoms with van der Waals surface area (Å²) in [5.41, 5.74) is 0.824. The van der Waals surface area contributed by atoms with Crippen LogP contribution in [0.1, 0.15) is 12.0 Å². The molecular formula is C11H12N2O2. The summed E-state index contributed by atoms with van der Waals surface area (Å²) in [6, 6.07) is 6.67. The number of terminal acetylenes is 1. The van der Waals surface area contributed by atoms with Gasteiger partial charge in [0.25, 0.3) is 5.69 Å². The van der Waals surface area contributed by atoms with Crippen molar-refractivity contribution < 1.29 is 4.92 Å². The predicted octanol–water partition coefficient (Wildman–Crippen LogP) is 1.71. The lowest BCUT2D eigenvalue weighted by atomic mass is 10.2. The van der Waals surface area contributed by atoms with Gasteiger partial charge in [0, 0.05) is 31.1 Å². The largest absolute Gasteiger partial charge is 0.311 e. The predicted molar refractivity (Wildman–Crippen MR) is 58.3 cm³/mol. The van der Waals surface area contributed by atoms with Gasteiger partial charge < -0.3 is 5.32 Å². The standard InChI is InChI=1S/C11H12N2O2/c1-2-3-8-12-9-10-6-4-5-7-11(10)13(14)15/h1,4-7,12H,3,8-9H2. The first-order valence-corrected chi connectivity index (χ1v) is 4.62. The van der Waals surface area contributed by atoms with Crippen LogP contribution in [0, 0.1) is 22.5 Å². The van der Waals surface area contributed by atoms with E-state index in [2.05, 4.69) is 11.2 Å². The van der Waals surface area contributed by atoms with Crippen LogP contribution in [0.2, 0.25) is 0 Å². The van der Waals surface area contributed by atoms with E-state index in [0.29, 0.717) is 25.1 Å². The number of hydrogen-bond acceptors (Lipinski definition) is 3. The summed E-state index contributed by atoms with van der Waals surface area (Å²) in [6.45, 7) is 1.14. The molecular weight excluding hydrogens is 192 g/mol. The second-order valence-electron chi connectivity index (χ2n) is 3.02. The van der Waals surface area contributed by atoms with Crippen molar-refractivity contribution in [3.05, 3.63) is 39.9 Å². The Kier molecular flexibility index (Phi) is 4.32. The highest BCUT2D eigenvalue weighted by Crippen LogP contribution is 2.16. The molecule has 0 heterocycles. The Labute approximate surface area is 88.5 Å². The number of hydrogen-bond donors (Lipinski definition) is 1. The molecule has 0 aromatic heterocycles. The molecule has 0 saturated heterocycles. The maximum atomic E-state index is 10.7. The Hall–Kier alpha value is -1.86. The highest BCUT2D eigenvalue weighted by atomic mass is 16.6. The minimum absolute atomic E-state index is 0.144. The SMILES string of the molecule is C#CCCNCc1ccccc1[N+](=O)[O-]. The molecule has 4 heteroatoms. The van der Waals surface area contributed by atoms with Crippen LogP contribution in [0.25, 0.3) is 0 Å². The van der Waals surface area contributed by atoms with Gasteiger partial charge in [-0.25, -0.2) is 0 Å². The van der Waals surface area contributed by atoms with Crippen LogP contribution in [-0.2, 0) is 6.54 Å². The number of rotatable bonds is 5. The molecule has 1 aromatic carbocycles. The first-order chi connectivity index (χ1) is 7.25. The number of benzene rings is 1. The van der Waals surface area contributed by atoms with Crippen LogP contribution >= 0.6 is 0 Å². The van der Waals surface area contributed by atoms with Gasteiger partial charge in [-0.15, -0.1) is 12.3 Å². The first-order valence-electron chi connectivity index (χ1n) is 4.62. The summed E-state index contributed by atoms with van der Waals surface area (Å²) < 4.78 is 0. The molecule has 0 aliphatic carbocycles. The number of para-hydroxylation sites is 1. The molecule has 0 aliphatic rings. The number of nitrogens with one attached hydrogen (secondary N) is 1. The van der Waals surface area contributed by atoms with E-state index in [1.54, 1.807) is 18.2 Å². The van der Waals surface area contributed by atoms with Gasteiger partial charge in [0.05, 0.1) is 4.92 Å². The lowest BCUT2D eigenvalue weighted by Gasteiger charge is -2.03. The molecule has 1 N–H and O–H groups in total. The van der Waals surface area contributed by atoms with E-state index in [1.165, 1.54) is 6.07 Å². The molecule has 15 heavy (non-hydrogen) atoms. The quantitative estimate of drug-likeness (QED) is 0.344. The fourth-order valence-corrected chi connectivity index (χ4v) is 1.22. The van der Waals surface area contributed by atoms with E-state index in [-0.39, 0.29) is 10.6 Å². The zero-order valence-electron chi connectivity index (χ0n) is 8.27. The smallest absolute Gasteiger partial charge is 0.273 e. The summed E-state index contributed by atoms with van der Waals surface area (Å²) in [4.78, 5) is 10.3. The normalized spacial score (nSPS) is 9.53. The molecule has 0 atom stereocenters. The second-order valence-corrected chi connectivity index (χ2v) is 3.02. The number of nitro groups is 1. The molecule has 0 saturated carbocycles. The van der Waals surface area contributed by atoms with Crippen molar-refractivity contribution in [1.82, 2.24) is 5.32 Å². The fraction of sp³-hybridized carbons (Fsp3) is 0.273. The van der Waals surface area contributed by atoms with E-state index in [9.17, 15) is 10.1 Å². The molecule has 4 nitrogen and oxygen atoms in total. The van der Waals surface area contributed by atoms with Crippen molar-refractivity contribution in [1.29, 1.82) is 0 Å². The monoisotopic (exact) mass is 204 g/mol. The highest BCUT2D eigenvalue weighted by molar-refractivity contribution is 5.39. The first kappa shape index (κ1) is 11.2. The molecule has 78 valence electrons. The molecule has 0 fully saturated rings. The highest BCUT2D eigenvalue weighted by Gasteiger charge is 2.10. The average Bonchev–Trinajstić information content (AvgIpc) is 2.25. The van der Waals surface area contributed by atoms with E-state index in [0.717, 1.165) is 0 Å². The molecule has 0 unspecified atom stereocenters. The Morgan fingerprint density at radius 2 is 2.20 bits per heavy atom. The topological polar surface area (TPSA) is 55.2 Å². The number of nitro benzene ring substituents is 1. The lowest BCUT2D eigenvalue weighted by Crippen LogP contribution is -2.15. The summed E-state index contributed by atoms with van der Waals surface area (Å²) in [5, 5.41) is 13.7. The van der Waals surface area contributed by atoms with Gasteiger partial charge in [0.2, 0.25) is 0 Å². The van der Waals surface area contributed by atoms with Crippen LogP contribution < -0.4 is 5.32 Å². The van der Waals surface area contributed by atoms with Crippen molar-refractivity contribution in [3.8, 4) is 12.3 Å². The van der Waals surface area contributed by atoms with Gasteiger partial charge in [0.1, 0.15) is 0 Å². The molecule has 0 aliphatic heterocycles. The van der Waals surface area contributed by atoms with Crippen molar-refractivity contribution in [2.75, 3.05) is 6.54 Å². The van der Waals surface area contributed by atoms with E-state index in [1.807, 2.05) is 0 Å². The van der Waals surface area contributed by atoms with Crippen LogP contribution in [-0.4, -0.2) is 11.5 Å². The summed E-state index contributed by atoms with van der Waals surface area (Å²) >= 11 is 0.